The number of methoxy groups -OCH3 is 1. The topological polar surface area (TPSA) is 94.2 Å². The molecule has 0 aromatic heterocycles. The Labute approximate surface area is 221 Å². The second kappa shape index (κ2) is 14.1. The number of nitrogens with one attached hydrogen (secondary N) is 2. The fourth-order valence-electron chi connectivity index (χ4n) is 3.66. The van der Waals surface area contributed by atoms with Gasteiger partial charge in [-0.2, -0.15) is 0 Å². The molecular formula is C26H38FN5O4S. The van der Waals surface area contributed by atoms with E-state index in [0.29, 0.717) is 28.4 Å². The lowest BCUT2D eigenvalue weighted by Crippen LogP contribution is -2.42. The van der Waals surface area contributed by atoms with E-state index >= 15 is 0 Å². The highest BCUT2D eigenvalue weighted by molar-refractivity contribution is 7.82. The molecule has 0 fully saturated rings. The number of hydrogen-bond donors (Lipinski definition) is 2. The molecule has 0 saturated heterocycles. The van der Waals surface area contributed by atoms with Crippen LogP contribution in [-0.4, -0.2) is 91.6 Å². The van der Waals surface area contributed by atoms with Gasteiger partial charge in [0.05, 0.1) is 30.8 Å². The molecule has 2 aromatic carbocycles. The zero-order chi connectivity index (χ0) is 27.7. The minimum atomic E-state index is -1.56. The minimum Gasteiger partial charge on any atom is -0.497 e. The van der Waals surface area contributed by atoms with Crippen LogP contribution in [0.5, 0.6) is 5.75 Å². The molecule has 11 heteroatoms. The Morgan fingerprint density at radius 2 is 1.70 bits per heavy atom. The molecule has 0 saturated carbocycles. The van der Waals surface area contributed by atoms with Gasteiger partial charge in [-0.1, -0.05) is 6.07 Å². The number of hydrogen-bond acceptors (Lipinski definition) is 6. The highest BCUT2D eigenvalue weighted by Gasteiger charge is 2.20. The molecule has 0 spiro atoms. The first-order chi connectivity index (χ1) is 17.4. The number of anilines is 1. The number of rotatable bonds is 13. The summed E-state index contributed by atoms with van der Waals surface area (Å²) < 4.78 is 34.1. The van der Waals surface area contributed by atoms with Crippen molar-refractivity contribution in [2.45, 2.75) is 25.3 Å². The summed E-state index contributed by atoms with van der Waals surface area (Å²) >= 11 is 0. The molecule has 37 heavy (non-hydrogen) atoms. The van der Waals surface area contributed by atoms with Crippen molar-refractivity contribution >= 4 is 28.5 Å². The van der Waals surface area contributed by atoms with Crippen LogP contribution in [0, 0.1) is 19.7 Å². The van der Waals surface area contributed by atoms with Crippen LogP contribution in [0.25, 0.3) is 0 Å². The standard InChI is InChI=1S/C26H38FN5O4S/c1-18-12-21(36-7)13-19(2)26(18)37(35)32(6)17-24(33)29-15-25(34)31(5)16-20-8-9-23(22(27)14-20)28-10-11-30(3)4/h8-9,12-14,28H,10-11,15-17H2,1-7H3,(H,29,33). The van der Waals surface area contributed by atoms with Crippen molar-refractivity contribution in [1.29, 1.82) is 0 Å². The zero-order valence-electron chi connectivity index (χ0n) is 22.7. The number of likely N-dealkylation sites (N-methyl/N-ethyl adjacent to an activating group) is 3. The fourth-order valence-corrected chi connectivity index (χ4v) is 4.88. The molecule has 1 atom stereocenters. The van der Waals surface area contributed by atoms with Crippen molar-refractivity contribution in [3.63, 3.8) is 0 Å². The summed E-state index contributed by atoms with van der Waals surface area (Å²) in [5, 5.41) is 5.62. The Hall–Kier alpha value is -3.02. The van der Waals surface area contributed by atoms with E-state index in [1.807, 2.05) is 32.8 Å². The highest BCUT2D eigenvalue weighted by Crippen LogP contribution is 2.25. The van der Waals surface area contributed by atoms with Gasteiger partial charge in [-0.25, -0.2) is 12.9 Å². The van der Waals surface area contributed by atoms with E-state index in [2.05, 4.69) is 10.6 Å². The highest BCUT2D eigenvalue weighted by atomic mass is 32.2. The number of halogens is 1. The summed E-state index contributed by atoms with van der Waals surface area (Å²) in [4.78, 5) is 29.0. The molecule has 2 rings (SSSR count). The third-order valence-electron chi connectivity index (χ3n) is 5.68. The van der Waals surface area contributed by atoms with E-state index in [-0.39, 0.29) is 31.4 Å². The molecule has 2 aromatic rings. The van der Waals surface area contributed by atoms with E-state index in [1.54, 1.807) is 45.5 Å². The molecule has 2 N–H and O–H groups in total. The molecule has 0 aliphatic rings. The predicted molar refractivity (Wildman–Crippen MR) is 144 cm³/mol. The number of nitrogens with zero attached hydrogens (tertiary/aromatic N) is 3. The van der Waals surface area contributed by atoms with Gasteiger partial charge in [0.25, 0.3) is 0 Å². The van der Waals surface area contributed by atoms with Gasteiger partial charge in [0.2, 0.25) is 11.8 Å². The smallest absolute Gasteiger partial charge is 0.242 e. The lowest BCUT2D eigenvalue weighted by atomic mass is 10.1. The van der Waals surface area contributed by atoms with Crippen LogP contribution in [0.4, 0.5) is 10.1 Å². The molecule has 0 heterocycles. The number of amides is 2. The maximum absolute atomic E-state index is 14.4. The van der Waals surface area contributed by atoms with Crippen LogP contribution in [0.15, 0.2) is 35.2 Å². The van der Waals surface area contributed by atoms with E-state index in [0.717, 1.165) is 17.7 Å². The fraction of sp³-hybridized carbons (Fsp3) is 0.462. The number of ether oxygens (including phenoxy) is 1. The van der Waals surface area contributed by atoms with Gasteiger partial charge in [-0.3, -0.25) is 9.59 Å². The molecule has 204 valence electrons. The first-order valence-electron chi connectivity index (χ1n) is 11.9. The first kappa shape index (κ1) is 30.2. The molecule has 2 amide bonds. The van der Waals surface area contributed by atoms with Gasteiger partial charge in [0.1, 0.15) is 22.6 Å². The SMILES string of the molecule is COc1cc(C)c(S(=O)N(C)CC(=O)NCC(=O)N(C)Cc2ccc(NCCN(C)C)c(F)c2)c(C)c1. The van der Waals surface area contributed by atoms with Gasteiger partial charge in [-0.15, -0.1) is 0 Å². The normalized spacial score (nSPS) is 11.9. The third kappa shape index (κ3) is 9.10. The van der Waals surface area contributed by atoms with Crippen molar-refractivity contribution < 1.29 is 22.9 Å². The number of aryl methyl sites for hydroxylation is 2. The molecule has 0 aliphatic heterocycles. The second-order valence-electron chi connectivity index (χ2n) is 9.20. The summed E-state index contributed by atoms with van der Waals surface area (Å²) in [6, 6.07) is 8.40. The molecule has 0 bridgehead atoms. The summed E-state index contributed by atoms with van der Waals surface area (Å²) in [5.41, 5.74) is 2.65. The molecule has 1 unspecified atom stereocenters. The summed E-state index contributed by atoms with van der Waals surface area (Å²) in [7, 11) is 7.07. The maximum atomic E-state index is 14.4. The van der Waals surface area contributed by atoms with Crippen LogP contribution in [0.3, 0.4) is 0 Å². The number of carbonyl (C=O) groups is 2. The molecule has 0 radical (unpaired) electrons. The van der Waals surface area contributed by atoms with E-state index in [1.165, 1.54) is 15.3 Å². The van der Waals surface area contributed by atoms with Crippen LogP contribution in [-0.2, 0) is 27.1 Å². The van der Waals surface area contributed by atoms with Crippen LogP contribution >= 0.6 is 0 Å². The van der Waals surface area contributed by atoms with Gasteiger partial charge in [-0.05, 0) is 68.9 Å². The average molecular weight is 536 g/mol. The lowest BCUT2D eigenvalue weighted by molar-refractivity contribution is -0.132. The Bertz CT molecular complexity index is 1110. The number of benzene rings is 2. The monoisotopic (exact) mass is 535 g/mol. The first-order valence-corrected chi connectivity index (χ1v) is 13.0. The molecular weight excluding hydrogens is 497 g/mol. The summed E-state index contributed by atoms with van der Waals surface area (Å²) in [6.07, 6.45) is 0. The minimum absolute atomic E-state index is 0.151. The van der Waals surface area contributed by atoms with Gasteiger partial charge in [0.15, 0.2) is 0 Å². The summed E-state index contributed by atoms with van der Waals surface area (Å²) in [6.45, 7) is 4.90. The average Bonchev–Trinajstić information content (AvgIpc) is 2.82. The lowest BCUT2D eigenvalue weighted by Gasteiger charge is -2.20. The van der Waals surface area contributed by atoms with Crippen molar-refractivity contribution in [1.82, 2.24) is 19.4 Å². The molecule has 9 nitrogen and oxygen atoms in total. The predicted octanol–water partition coefficient (Wildman–Crippen LogP) is 2.15. The Morgan fingerprint density at radius 3 is 2.27 bits per heavy atom. The zero-order valence-corrected chi connectivity index (χ0v) is 23.5. The van der Waals surface area contributed by atoms with Crippen molar-refractivity contribution in [2.24, 2.45) is 0 Å². The van der Waals surface area contributed by atoms with Gasteiger partial charge < -0.3 is 25.2 Å². The molecule has 0 aliphatic carbocycles. The Kier molecular flexibility index (Phi) is 11.5. The second-order valence-corrected chi connectivity index (χ2v) is 10.7. The van der Waals surface area contributed by atoms with E-state index in [4.69, 9.17) is 4.74 Å². The quantitative estimate of drug-likeness (QED) is 0.408. The van der Waals surface area contributed by atoms with Gasteiger partial charge >= 0.3 is 0 Å². The van der Waals surface area contributed by atoms with E-state index < -0.39 is 16.9 Å². The van der Waals surface area contributed by atoms with Crippen LogP contribution in [0.2, 0.25) is 0 Å². The van der Waals surface area contributed by atoms with Crippen LogP contribution < -0.4 is 15.4 Å². The van der Waals surface area contributed by atoms with Gasteiger partial charge in [0, 0.05) is 33.7 Å². The van der Waals surface area contributed by atoms with Crippen molar-refractivity contribution in [3.05, 3.63) is 52.8 Å². The summed E-state index contributed by atoms with van der Waals surface area (Å²) in [5.74, 6) is -0.467. The van der Waals surface area contributed by atoms with E-state index in [9.17, 15) is 18.2 Å². The Balaban J connectivity index is 1.86. The van der Waals surface area contributed by atoms with Crippen molar-refractivity contribution in [3.8, 4) is 5.75 Å². The van der Waals surface area contributed by atoms with Crippen molar-refractivity contribution in [2.75, 3.05) is 66.8 Å². The largest absolute Gasteiger partial charge is 0.497 e. The number of carbonyl (C=O) groups excluding carboxylic acids is 2. The third-order valence-corrected chi connectivity index (χ3v) is 7.37. The Morgan fingerprint density at radius 1 is 1.05 bits per heavy atom. The maximum Gasteiger partial charge on any atom is 0.242 e. The van der Waals surface area contributed by atoms with Crippen LogP contribution in [0.1, 0.15) is 16.7 Å².